The monoisotopic (exact) mass is 130 g/mol. The van der Waals surface area contributed by atoms with Crippen LogP contribution < -0.4 is 10.9 Å². The van der Waals surface area contributed by atoms with E-state index in [2.05, 4.69) is 31.6 Å². The van der Waals surface area contributed by atoms with Crippen molar-refractivity contribution in [2.75, 3.05) is 7.05 Å². The first kappa shape index (κ1) is 8.92. The van der Waals surface area contributed by atoms with E-state index in [1.165, 1.54) is 6.42 Å². The van der Waals surface area contributed by atoms with Crippen LogP contribution in [0.1, 0.15) is 27.2 Å². The molecule has 2 nitrogen and oxygen atoms in total. The van der Waals surface area contributed by atoms with Crippen molar-refractivity contribution in [3.8, 4) is 0 Å². The summed E-state index contributed by atoms with van der Waals surface area (Å²) >= 11 is 0. The van der Waals surface area contributed by atoms with E-state index in [1.807, 2.05) is 7.05 Å². The second kappa shape index (κ2) is 4.77. The zero-order valence-electron chi connectivity index (χ0n) is 6.86. The maximum atomic E-state index is 3.13. The lowest BCUT2D eigenvalue weighted by Gasteiger charge is -2.14. The normalized spacial score (nSPS) is 14.3. The van der Waals surface area contributed by atoms with Crippen LogP contribution in [-0.2, 0) is 0 Å². The Hall–Kier alpha value is -0.0800. The molecule has 0 aromatic rings. The van der Waals surface area contributed by atoms with E-state index in [1.54, 1.807) is 0 Å². The third kappa shape index (κ3) is 5.80. The Morgan fingerprint density at radius 3 is 2.11 bits per heavy atom. The molecular formula is C7H18N2. The van der Waals surface area contributed by atoms with E-state index in [0.29, 0.717) is 6.04 Å². The first-order valence-corrected chi connectivity index (χ1v) is 3.59. The fourth-order valence-electron chi connectivity index (χ4n) is 1.01. The molecule has 0 aliphatic heterocycles. The van der Waals surface area contributed by atoms with Crippen molar-refractivity contribution in [2.45, 2.75) is 33.2 Å². The summed E-state index contributed by atoms with van der Waals surface area (Å²) in [6, 6.07) is 0.579. The summed E-state index contributed by atoms with van der Waals surface area (Å²) in [5.41, 5.74) is 6.05. The summed E-state index contributed by atoms with van der Waals surface area (Å²) in [5.74, 6) is 0.779. The molecule has 0 unspecified atom stereocenters. The Bertz CT molecular complexity index is 61.9. The average molecular weight is 130 g/mol. The van der Waals surface area contributed by atoms with Gasteiger partial charge in [-0.2, -0.15) is 0 Å². The van der Waals surface area contributed by atoms with Crippen LogP contribution in [0, 0.1) is 5.92 Å². The maximum Gasteiger partial charge on any atom is 0.0186 e. The van der Waals surface area contributed by atoms with Crippen LogP contribution >= 0.6 is 0 Å². The third-order valence-corrected chi connectivity index (χ3v) is 1.22. The molecule has 0 saturated heterocycles. The van der Waals surface area contributed by atoms with Crippen molar-refractivity contribution >= 4 is 0 Å². The molecule has 9 heavy (non-hydrogen) atoms. The highest BCUT2D eigenvalue weighted by Crippen LogP contribution is 2.02. The summed E-state index contributed by atoms with van der Waals surface area (Å²) in [6.07, 6.45) is 1.22. The number of hydrogen-bond donors (Lipinski definition) is 2. The Labute approximate surface area is 58.0 Å². The quantitative estimate of drug-likeness (QED) is 0.558. The first-order chi connectivity index (χ1) is 4.16. The fraction of sp³-hybridized carbons (Fsp3) is 1.00. The van der Waals surface area contributed by atoms with Gasteiger partial charge in [-0.15, -0.1) is 0 Å². The van der Waals surface area contributed by atoms with E-state index in [4.69, 9.17) is 0 Å². The fourth-order valence-corrected chi connectivity index (χ4v) is 1.01. The van der Waals surface area contributed by atoms with Crippen LogP contribution in [0.3, 0.4) is 0 Å². The van der Waals surface area contributed by atoms with Gasteiger partial charge < -0.3 is 0 Å². The maximum absolute atomic E-state index is 3.13. The molecule has 2 heteroatoms. The third-order valence-electron chi connectivity index (χ3n) is 1.22. The molecule has 0 rings (SSSR count). The van der Waals surface area contributed by atoms with Gasteiger partial charge in [0.2, 0.25) is 0 Å². The lowest BCUT2D eigenvalue weighted by Crippen LogP contribution is -2.36. The highest BCUT2D eigenvalue weighted by Gasteiger charge is 2.01. The molecule has 0 bridgehead atoms. The molecule has 2 N–H and O–H groups in total. The molecule has 0 aromatic heterocycles. The molecule has 0 heterocycles. The summed E-state index contributed by atoms with van der Waals surface area (Å²) in [4.78, 5) is 0. The van der Waals surface area contributed by atoms with Crippen LogP contribution in [0.2, 0.25) is 0 Å². The number of hydrazine groups is 1. The Morgan fingerprint density at radius 1 is 1.22 bits per heavy atom. The largest absolute Gasteiger partial charge is 0.261 e. The minimum Gasteiger partial charge on any atom is -0.261 e. The predicted octanol–water partition coefficient (Wildman–Crippen LogP) is 1.14. The number of rotatable bonds is 4. The van der Waals surface area contributed by atoms with E-state index in [-0.39, 0.29) is 0 Å². The topological polar surface area (TPSA) is 24.1 Å². The molecule has 0 aliphatic rings. The van der Waals surface area contributed by atoms with Gasteiger partial charge in [0.05, 0.1) is 0 Å². The van der Waals surface area contributed by atoms with Crippen LogP contribution in [-0.4, -0.2) is 13.1 Å². The molecule has 0 aromatic carbocycles. The number of nitrogens with one attached hydrogen (secondary N) is 2. The van der Waals surface area contributed by atoms with Crippen molar-refractivity contribution in [1.29, 1.82) is 0 Å². The van der Waals surface area contributed by atoms with Crippen LogP contribution in [0.25, 0.3) is 0 Å². The lowest BCUT2D eigenvalue weighted by atomic mass is 10.1. The van der Waals surface area contributed by atoms with Crippen LogP contribution in [0.15, 0.2) is 0 Å². The molecule has 1 atom stereocenters. The molecule has 56 valence electrons. The van der Waals surface area contributed by atoms with Gasteiger partial charge in [0.15, 0.2) is 0 Å². The van der Waals surface area contributed by atoms with Gasteiger partial charge >= 0.3 is 0 Å². The van der Waals surface area contributed by atoms with Crippen molar-refractivity contribution in [1.82, 2.24) is 10.9 Å². The molecule has 0 saturated carbocycles. The molecule has 0 radical (unpaired) electrons. The van der Waals surface area contributed by atoms with Gasteiger partial charge in [0.1, 0.15) is 0 Å². The zero-order valence-corrected chi connectivity index (χ0v) is 6.86. The standard InChI is InChI=1S/C7H18N2/c1-6(2)5-7(3)9-8-4/h6-9H,5H2,1-4H3/t7-/m0/s1. The van der Waals surface area contributed by atoms with Crippen LogP contribution in [0.5, 0.6) is 0 Å². The average Bonchev–Trinajstić information content (AvgIpc) is 1.63. The highest BCUT2D eigenvalue weighted by atomic mass is 15.3. The van der Waals surface area contributed by atoms with Gasteiger partial charge in [-0.1, -0.05) is 13.8 Å². The number of hydrogen-bond acceptors (Lipinski definition) is 2. The lowest BCUT2D eigenvalue weighted by molar-refractivity contribution is 0.410. The second-order valence-electron chi connectivity index (χ2n) is 2.92. The Morgan fingerprint density at radius 2 is 1.78 bits per heavy atom. The summed E-state index contributed by atoms with van der Waals surface area (Å²) in [7, 11) is 1.90. The summed E-state index contributed by atoms with van der Waals surface area (Å²) < 4.78 is 0. The summed E-state index contributed by atoms with van der Waals surface area (Å²) in [5, 5.41) is 0. The zero-order chi connectivity index (χ0) is 7.28. The molecule has 0 aliphatic carbocycles. The second-order valence-corrected chi connectivity index (χ2v) is 2.92. The van der Waals surface area contributed by atoms with E-state index >= 15 is 0 Å². The summed E-state index contributed by atoms with van der Waals surface area (Å²) in [6.45, 7) is 6.64. The predicted molar refractivity (Wildman–Crippen MR) is 41.1 cm³/mol. The Kier molecular flexibility index (Phi) is 4.72. The first-order valence-electron chi connectivity index (χ1n) is 3.59. The van der Waals surface area contributed by atoms with Gasteiger partial charge in [-0.05, 0) is 26.3 Å². The van der Waals surface area contributed by atoms with Gasteiger partial charge in [-0.25, -0.2) is 0 Å². The van der Waals surface area contributed by atoms with E-state index < -0.39 is 0 Å². The van der Waals surface area contributed by atoms with Gasteiger partial charge in [0, 0.05) is 6.04 Å². The van der Waals surface area contributed by atoms with Crippen molar-refractivity contribution in [3.05, 3.63) is 0 Å². The van der Waals surface area contributed by atoms with Crippen molar-refractivity contribution < 1.29 is 0 Å². The van der Waals surface area contributed by atoms with Crippen molar-refractivity contribution in [3.63, 3.8) is 0 Å². The molecule has 0 spiro atoms. The minimum atomic E-state index is 0.579. The van der Waals surface area contributed by atoms with Crippen LogP contribution in [0.4, 0.5) is 0 Å². The van der Waals surface area contributed by atoms with Gasteiger partial charge in [-0.3, -0.25) is 10.9 Å². The minimum absolute atomic E-state index is 0.579. The molecule has 0 fully saturated rings. The van der Waals surface area contributed by atoms with E-state index in [9.17, 15) is 0 Å². The van der Waals surface area contributed by atoms with E-state index in [0.717, 1.165) is 5.92 Å². The molecular weight excluding hydrogens is 112 g/mol. The Balaban J connectivity index is 3.15. The highest BCUT2D eigenvalue weighted by molar-refractivity contribution is 4.58. The van der Waals surface area contributed by atoms with Crippen molar-refractivity contribution in [2.24, 2.45) is 5.92 Å². The van der Waals surface area contributed by atoms with Gasteiger partial charge in [0.25, 0.3) is 0 Å². The smallest absolute Gasteiger partial charge is 0.0186 e. The SMILES string of the molecule is CNN[C@@H](C)CC(C)C. The molecule has 0 amide bonds.